The van der Waals surface area contributed by atoms with Gasteiger partial charge in [-0.3, -0.25) is 9.13 Å². The Morgan fingerprint density at radius 3 is 0.800 bits per heavy atom. The summed E-state index contributed by atoms with van der Waals surface area (Å²) in [5.41, 5.74) is 7.51. The van der Waals surface area contributed by atoms with Gasteiger partial charge in [-0.25, -0.2) is 4.98 Å². The number of hydrogen-bond donors (Lipinski definition) is 0. The lowest BCUT2D eigenvalue weighted by atomic mass is 9.99. The Labute approximate surface area is 397 Å². The Bertz CT molecular complexity index is 3500. The Hall–Kier alpha value is -8.69. The summed E-state index contributed by atoms with van der Waals surface area (Å²) in [6.45, 7) is 0. The van der Waals surface area contributed by atoms with Crippen LogP contribution in [-0.4, -0.2) is 14.1 Å². The van der Waals surface area contributed by atoms with E-state index in [1.807, 2.05) is 130 Å². The number of fused-ring (bicyclic) bond motifs is 6. The normalized spacial score (nSPS) is 12.1. The van der Waals surface area contributed by atoms with E-state index in [4.69, 9.17) is 4.98 Å². The molecule has 70 heavy (non-hydrogen) atoms. The molecule has 0 aliphatic rings. The highest BCUT2D eigenvalue weighted by Crippen LogP contribution is 2.43. The molecule has 0 saturated carbocycles. The third kappa shape index (κ3) is 7.56. The molecule has 0 aliphatic heterocycles. The van der Waals surface area contributed by atoms with Crippen LogP contribution in [0, 0.1) is 0 Å². The number of aromatic nitrogens is 3. The zero-order valence-electron chi connectivity index (χ0n) is 37.0. The molecular formula is C61H37F6N3. The van der Waals surface area contributed by atoms with Crippen LogP contribution in [0.1, 0.15) is 11.1 Å². The first-order chi connectivity index (χ1) is 33.9. The zero-order chi connectivity index (χ0) is 47.7. The molecule has 0 unspecified atom stereocenters. The summed E-state index contributed by atoms with van der Waals surface area (Å²) >= 11 is 0. The molecule has 3 nitrogen and oxygen atoms in total. The van der Waals surface area contributed by atoms with Gasteiger partial charge in [0.1, 0.15) is 11.6 Å². The van der Waals surface area contributed by atoms with Crippen LogP contribution >= 0.6 is 0 Å². The van der Waals surface area contributed by atoms with E-state index in [2.05, 4.69) is 72.8 Å². The fraction of sp³-hybridized carbons (Fsp3) is 0.0328. The Kier molecular flexibility index (Phi) is 10.1. The molecule has 3 aromatic heterocycles. The van der Waals surface area contributed by atoms with Crippen molar-refractivity contribution in [3.63, 3.8) is 0 Å². The van der Waals surface area contributed by atoms with E-state index in [1.54, 1.807) is 12.1 Å². The van der Waals surface area contributed by atoms with E-state index < -0.39 is 23.5 Å². The van der Waals surface area contributed by atoms with E-state index in [0.29, 0.717) is 11.6 Å². The molecule has 0 bridgehead atoms. The van der Waals surface area contributed by atoms with Crippen molar-refractivity contribution in [1.29, 1.82) is 0 Å². The highest BCUT2D eigenvalue weighted by atomic mass is 19.4. The summed E-state index contributed by atoms with van der Waals surface area (Å²) in [5, 5.41) is 3.55. The van der Waals surface area contributed by atoms with Crippen LogP contribution in [0.2, 0.25) is 0 Å². The molecule has 0 fully saturated rings. The molecule has 0 radical (unpaired) electrons. The van der Waals surface area contributed by atoms with Gasteiger partial charge < -0.3 is 0 Å². The second-order valence-corrected chi connectivity index (χ2v) is 17.4. The zero-order valence-corrected chi connectivity index (χ0v) is 37.0. The van der Waals surface area contributed by atoms with Gasteiger partial charge >= 0.3 is 12.4 Å². The summed E-state index contributed by atoms with van der Waals surface area (Å²) in [5.74, 6) is 0.588. The van der Waals surface area contributed by atoms with Gasteiger partial charge in [-0.15, -0.1) is 0 Å². The molecular weight excluding hydrogens is 889 g/mol. The second-order valence-electron chi connectivity index (χ2n) is 17.4. The minimum absolute atomic E-state index is 0.110. The minimum atomic E-state index is -5.07. The van der Waals surface area contributed by atoms with Gasteiger partial charge in [0.05, 0.1) is 33.2 Å². The number of rotatable bonds is 7. The first kappa shape index (κ1) is 42.6. The third-order valence-electron chi connectivity index (χ3n) is 13.1. The number of alkyl halides is 6. The number of hydrogen-bond acceptors (Lipinski definition) is 1. The Morgan fingerprint density at radius 2 is 0.529 bits per heavy atom. The summed E-state index contributed by atoms with van der Waals surface area (Å²) in [6.07, 6.45) is -10.1. The van der Waals surface area contributed by atoms with E-state index in [1.165, 1.54) is 0 Å². The van der Waals surface area contributed by atoms with Crippen molar-refractivity contribution in [1.82, 2.24) is 14.1 Å². The van der Waals surface area contributed by atoms with Crippen molar-refractivity contribution in [2.45, 2.75) is 12.4 Å². The Balaban J connectivity index is 1.22. The fourth-order valence-electron chi connectivity index (χ4n) is 9.79. The summed E-state index contributed by atoms with van der Waals surface area (Å²) < 4.78 is 92.0. The first-order valence-corrected chi connectivity index (χ1v) is 22.7. The molecule has 338 valence electrons. The Morgan fingerprint density at radius 1 is 0.257 bits per heavy atom. The smallest absolute Gasteiger partial charge is 0.294 e. The molecule has 0 N–H and O–H groups in total. The lowest BCUT2D eigenvalue weighted by Crippen LogP contribution is -2.11. The highest BCUT2D eigenvalue weighted by Gasteiger charge is 2.37. The molecule has 0 spiro atoms. The largest absolute Gasteiger partial charge is 0.416 e. The molecule has 0 amide bonds. The van der Waals surface area contributed by atoms with Crippen LogP contribution in [0.15, 0.2) is 224 Å². The molecule has 0 aliphatic carbocycles. The van der Waals surface area contributed by atoms with E-state index in [-0.39, 0.29) is 17.2 Å². The first-order valence-electron chi connectivity index (χ1n) is 22.7. The fourth-order valence-corrected chi connectivity index (χ4v) is 9.79. The summed E-state index contributed by atoms with van der Waals surface area (Å²) in [7, 11) is 0. The second kappa shape index (κ2) is 16.5. The number of benzene rings is 9. The van der Waals surface area contributed by atoms with Crippen molar-refractivity contribution in [3.8, 4) is 67.3 Å². The van der Waals surface area contributed by atoms with Crippen molar-refractivity contribution in [2.24, 2.45) is 0 Å². The van der Waals surface area contributed by atoms with Crippen molar-refractivity contribution in [2.75, 3.05) is 0 Å². The maximum atomic E-state index is 14.7. The third-order valence-corrected chi connectivity index (χ3v) is 13.1. The van der Waals surface area contributed by atoms with Crippen molar-refractivity contribution >= 4 is 43.6 Å². The monoisotopic (exact) mass is 925 g/mol. The predicted octanol–water partition coefficient (Wildman–Crippen LogP) is 17.6. The van der Waals surface area contributed by atoms with Crippen molar-refractivity contribution < 1.29 is 26.3 Å². The van der Waals surface area contributed by atoms with Crippen LogP contribution in [0.4, 0.5) is 26.3 Å². The van der Waals surface area contributed by atoms with Gasteiger partial charge in [-0.05, 0) is 110 Å². The van der Waals surface area contributed by atoms with E-state index in [0.717, 1.165) is 100 Å². The lowest BCUT2D eigenvalue weighted by molar-refractivity contribution is -0.143. The molecule has 0 atom stereocenters. The van der Waals surface area contributed by atoms with Crippen LogP contribution in [0.25, 0.3) is 111 Å². The molecule has 9 heteroatoms. The van der Waals surface area contributed by atoms with Gasteiger partial charge in [0.2, 0.25) is 0 Å². The van der Waals surface area contributed by atoms with E-state index in [9.17, 15) is 26.3 Å². The molecule has 9 aromatic carbocycles. The van der Waals surface area contributed by atoms with Gasteiger partial charge in [-0.1, -0.05) is 170 Å². The predicted molar refractivity (Wildman–Crippen MR) is 270 cm³/mol. The highest BCUT2D eigenvalue weighted by molar-refractivity contribution is 6.12. The topological polar surface area (TPSA) is 22.8 Å². The SMILES string of the molecule is FC(F)(F)c1cc(-c2cc(-n3c4cc(-c5ccccc5)ccc4c4ccc(-c5ccccc5)cc43)nc(-n3c4cc(-c5ccccc5)ccc4c4ccc(-c5ccccc5)cc43)c2)cc(C(F)(F)F)c1. The standard InChI is InChI=1S/C61H37F6N3/c62-60(63,64)48-29-46(30-49(37-48)61(65,66)67)47-35-58(69-54-31-42(38-13-5-1-6-14-38)21-25-50(54)51-26-22-43(32-55(51)69)39-15-7-2-8-16-39)68-59(36-47)70-56-33-44(40-17-9-3-10-18-40)23-27-52(56)53-28-24-45(34-57(53)70)41-19-11-4-12-20-41/h1-37H. The lowest BCUT2D eigenvalue weighted by Gasteiger charge is -2.18. The quantitative estimate of drug-likeness (QED) is 0.146. The minimum Gasteiger partial charge on any atom is -0.294 e. The van der Waals surface area contributed by atoms with Crippen molar-refractivity contribution in [3.05, 3.63) is 236 Å². The molecule has 12 rings (SSSR count). The average molecular weight is 926 g/mol. The maximum absolute atomic E-state index is 14.7. The molecule has 3 heterocycles. The van der Waals surface area contributed by atoms with Gasteiger partial charge in [0.15, 0.2) is 0 Å². The van der Waals surface area contributed by atoms with Gasteiger partial charge in [0, 0.05) is 21.5 Å². The average Bonchev–Trinajstić information content (AvgIpc) is 3.90. The van der Waals surface area contributed by atoms with E-state index >= 15 is 0 Å². The number of pyridine rings is 1. The molecule has 0 saturated heterocycles. The summed E-state index contributed by atoms with van der Waals surface area (Å²) in [6, 6.07) is 69.2. The van der Waals surface area contributed by atoms with Crippen LogP contribution in [0.5, 0.6) is 0 Å². The van der Waals surface area contributed by atoms with Gasteiger partial charge in [0.25, 0.3) is 0 Å². The summed E-state index contributed by atoms with van der Waals surface area (Å²) in [4.78, 5) is 5.48. The van der Waals surface area contributed by atoms with Crippen LogP contribution in [0.3, 0.4) is 0 Å². The maximum Gasteiger partial charge on any atom is 0.416 e. The van der Waals surface area contributed by atoms with Crippen LogP contribution < -0.4 is 0 Å². The number of halogens is 6. The van der Waals surface area contributed by atoms with Crippen LogP contribution in [-0.2, 0) is 12.4 Å². The molecule has 12 aromatic rings. The number of nitrogens with zero attached hydrogens (tertiary/aromatic N) is 3. The van der Waals surface area contributed by atoms with Gasteiger partial charge in [-0.2, -0.15) is 26.3 Å².